The highest BCUT2D eigenvalue weighted by Crippen LogP contribution is 2.32. The Morgan fingerprint density at radius 3 is 2.31 bits per heavy atom. The number of carbonyl (C=O) groups excluding carboxylic acids is 2. The minimum Gasteiger partial charge on any atom is -0.450 e. The van der Waals surface area contributed by atoms with E-state index in [1.54, 1.807) is 48.5 Å². The van der Waals surface area contributed by atoms with Gasteiger partial charge >= 0.3 is 5.69 Å². The Balaban J connectivity index is 1.69. The molecular formula is C27H25N3O5. The van der Waals surface area contributed by atoms with Crippen LogP contribution in [0.4, 0.5) is 5.69 Å². The van der Waals surface area contributed by atoms with Crippen LogP contribution < -0.4 is 10.1 Å². The van der Waals surface area contributed by atoms with Gasteiger partial charge in [-0.25, -0.2) is 0 Å². The topological polar surface area (TPSA) is 102 Å². The van der Waals surface area contributed by atoms with E-state index >= 15 is 0 Å². The first-order valence-corrected chi connectivity index (χ1v) is 11.0. The number of nitro groups is 1. The number of nitro benzene ring substituents is 1. The maximum absolute atomic E-state index is 12.5. The van der Waals surface area contributed by atoms with Gasteiger partial charge in [0.15, 0.2) is 5.78 Å². The highest BCUT2D eigenvalue weighted by atomic mass is 16.6. The molecule has 8 heteroatoms. The van der Waals surface area contributed by atoms with Crippen LogP contribution in [0.3, 0.4) is 0 Å². The molecule has 35 heavy (non-hydrogen) atoms. The van der Waals surface area contributed by atoms with E-state index in [9.17, 15) is 19.7 Å². The van der Waals surface area contributed by atoms with E-state index < -0.39 is 10.8 Å². The van der Waals surface area contributed by atoms with Crippen molar-refractivity contribution in [2.24, 2.45) is 0 Å². The number of terminal acetylenes is 1. The lowest BCUT2D eigenvalue weighted by Gasteiger charge is -2.17. The van der Waals surface area contributed by atoms with Gasteiger partial charge in [0.1, 0.15) is 5.75 Å². The second-order valence-electron chi connectivity index (χ2n) is 7.59. The van der Waals surface area contributed by atoms with Crippen LogP contribution in [0, 0.1) is 22.5 Å². The molecule has 0 heterocycles. The van der Waals surface area contributed by atoms with Crippen LogP contribution in [-0.2, 0) is 0 Å². The number of amides is 1. The zero-order chi connectivity index (χ0) is 25.2. The number of nitrogens with one attached hydrogen (secondary N) is 1. The van der Waals surface area contributed by atoms with Gasteiger partial charge in [0.05, 0.1) is 11.5 Å². The van der Waals surface area contributed by atoms with Crippen LogP contribution in [0.5, 0.6) is 11.5 Å². The van der Waals surface area contributed by atoms with Crippen molar-refractivity contribution in [2.45, 2.75) is 6.92 Å². The van der Waals surface area contributed by atoms with Crippen molar-refractivity contribution in [1.82, 2.24) is 10.2 Å². The van der Waals surface area contributed by atoms with Crippen molar-refractivity contribution >= 4 is 17.4 Å². The molecule has 0 unspecified atom stereocenters. The van der Waals surface area contributed by atoms with E-state index in [-0.39, 0.29) is 22.8 Å². The van der Waals surface area contributed by atoms with Crippen LogP contribution in [0.25, 0.3) is 0 Å². The fourth-order valence-electron chi connectivity index (χ4n) is 3.35. The van der Waals surface area contributed by atoms with Crippen molar-refractivity contribution in [1.29, 1.82) is 0 Å². The third-order valence-corrected chi connectivity index (χ3v) is 5.27. The molecule has 0 aliphatic heterocycles. The number of benzene rings is 3. The molecular weight excluding hydrogens is 446 g/mol. The Kier molecular flexibility index (Phi) is 8.70. The summed E-state index contributed by atoms with van der Waals surface area (Å²) in [5.41, 5.74) is 0.829. The molecule has 178 valence electrons. The van der Waals surface area contributed by atoms with E-state index in [2.05, 4.69) is 11.2 Å². The average Bonchev–Trinajstić information content (AvgIpc) is 2.88. The summed E-state index contributed by atoms with van der Waals surface area (Å²) in [4.78, 5) is 38.0. The summed E-state index contributed by atoms with van der Waals surface area (Å²) in [7, 11) is 0. The molecule has 0 bridgehead atoms. The van der Waals surface area contributed by atoms with Crippen LogP contribution in [0.2, 0.25) is 0 Å². The molecule has 0 aliphatic carbocycles. The molecule has 0 saturated heterocycles. The van der Waals surface area contributed by atoms with Crippen LogP contribution in [0.15, 0.2) is 72.8 Å². The van der Waals surface area contributed by atoms with Gasteiger partial charge in [-0.15, -0.1) is 6.42 Å². The zero-order valence-corrected chi connectivity index (χ0v) is 19.3. The third-order valence-electron chi connectivity index (χ3n) is 5.27. The summed E-state index contributed by atoms with van der Waals surface area (Å²) in [5.74, 6) is 2.30. The molecule has 1 N–H and O–H groups in total. The summed E-state index contributed by atoms with van der Waals surface area (Å²) < 4.78 is 5.69. The first-order chi connectivity index (χ1) is 16.9. The van der Waals surface area contributed by atoms with Crippen molar-refractivity contribution in [3.8, 4) is 23.8 Å². The molecule has 8 nitrogen and oxygen atoms in total. The first-order valence-electron chi connectivity index (χ1n) is 11.0. The molecule has 0 saturated carbocycles. The van der Waals surface area contributed by atoms with Crippen molar-refractivity contribution < 1.29 is 19.2 Å². The maximum atomic E-state index is 12.5. The Bertz CT molecular complexity index is 1230. The molecule has 0 spiro atoms. The van der Waals surface area contributed by atoms with Crippen molar-refractivity contribution in [3.63, 3.8) is 0 Å². The number of rotatable bonds is 11. The summed E-state index contributed by atoms with van der Waals surface area (Å²) in [6, 6.07) is 19.2. The number of ether oxygens (including phenoxy) is 1. The Morgan fingerprint density at radius 2 is 1.69 bits per heavy atom. The lowest BCUT2D eigenvalue weighted by atomic mass is 10.0. The van der Waals surface area contributed by atoms with E-state index in [0.29, 0.717) is 36.5 Å². The van der Waals surface area contributed by atoms with E-state index in [4.69, 9.17) is 11.2 Å². The summed E-state index contributed by atoms with van der Waals surface area (Å²) in [6.07, 6.45) is 5.32. The summed E-state index contributed by atoms with van der Waals surface area (Å²) >= 11 is 0. The smallest absolute Gasteiger partial charge is 0.312 e. The van der Waals surface area contributed by atoms with Gasteiger partial charge < -0.3 is 10.1 Å². The Morgan fingerprint density at radius 1 is 1.03 bits per heavy atom. The van der Waals surface area contributed by atoms with E-state index in [1.165, 1.54) is 18.2 Å². The van der Waals surface area contributed by atoms with Crippen LogP contribution in [-0.4, -0.2) is 47.7 Å². The fraction of sp³-hybridized carbons (Fsp3) is 0.185. The lowest BCUT2D eigenvalue weighted by molar-refractivity contribution is -0.385. The van der Waals surface area contributed by atoms with Gasteiger partial charge in [0.25, 0.3) is 5.91 Å². The standard InChI is InChI=1S/C27H25N3O5/c1-3-17-29(4-2)18-16-28-27(32)22-12-15-25(24(19-22)30(33)34)35-23-13-10-21(11-14-23)26(31)20-8-6-5-7-9-20/h1,5-15,19H,4,16-18H2,2H3,(H,28,32). The number of hydrogen-bond donors (Lipinski definition) is 1. The third kappa shape index (κ3) is 6.76. The molecule has 3 aromatic rings. The van der Waals surface area contributed by atoms with Gasteiger partial charge in [0, 0.05) is 35.8 Å². The first kappa shape index (κ1) is 25.1. The van der Waals surface area contributed by atoms with Crippen LogP contribution >= 0.6 is 0 Å². The number of nitrogens with zero attached hydrogens (tertiary/aromatic N) is 2. The Labute approximate surface area is 203 Å². The second-order valence-corrected chi connectivity index (χ2v) is 7.59. The lowest BCUT2D eigenvalue weighted by Crippen LogP contribution is -2.35. The quantitative estimate of drug-likeness (QED) is 0.194. The van der Waals surface area contributed by atoms with E-state index in [1.807, 2.05) is 17.9 Å². The molecule has 0 radical (unpaired) electrons. The molecule has 0 fully saturated rings. The van der Waals surface area contributed by atoms with Crippen molar-refractivity contribution in [3.05, 3.63) is 99.6 Å². The van der Waals surface area contributed by atoms with Gasteiger partial charge in [-0.2, -0.15) is 0 Å². The normalized spacial score (nSPS) is 10.4. The van der Waals surface area contributed by atoms with Gasteiger partial charge in [-0.3, -0.25) is 24.6 Å². The number of likely N-dealkylation sites (N-methyl/N-ethyl adjacent to an activating group) is 1. The summed E-state index contributed by atoms with van der Waals surface area (Å²) in [6.45, 7) is 4.12. The minimum absolute atomic E-state index is 0.0140. The molecule has 0 aromatic heterocycles. The van der Waals surface area contributed by atoms with Gasteiger partial charge in [0.2, 0.25) is 5.75 Å². The average molecular weight is 472 g/mol. The number of hydrogen-bond acceptors (Lipinski definition) is 6. The minimum atomic E-state index is -0.606. The SMILES string of the molecule is C#CCN(CC)CCNC(=O)c1ccc(Oc2ccc(C(=O)c3ccccc3)cc2)c([N+](=O)[O-])c1. The zero-order valence-electron chi connectivity index (χ0n) is 19.3. The number of ketones is 1. The Hall–Kier alpha value is -4.48. The largest absolute Gasteiger partial charge is 0.450 e. The predicted molar refractivity (Wildman–Crippen MR) is 133 cm³/mol. The monoisotopic (exact) mass is 471 g/mol. The molecule has 3 aromatic carbocycles. The molecule has 0 aliphatic rings. The van der Waals surface area contributed by atoms with Crippen molar-refractivity contribution in [2.75, 3.05) is 26.2 Å². The van der Waals surface area contributed by atoms with Gasteiger partial charge in [-0.1, -0.05) is 43.2 Å². The molecule has 1 amide bonds. The highest BCUT2D eigenvalue weighted by molar-refractivity contribution is 6.09. The predicted octanol–water partition coefficient (Wildman–Crippen LogP) is 4.30. The van der Waals surface area contributed by atoms with E-state index in [0.717, 1.165) is 6.54 Å². The van der Waals surface area contributed by atoms with Crippen LogP contribution in [0.1, 0.15) is 33.2 Å². The molecule has 3 rings (SSSR count). The summed E-state index contributed by atoms with van der Waals surface area (Å²) in [5, 5.41) is 14.4. The maximum Gasteiger partial charge on any atom is 0.312 e. The highest BCUT2D eigenvalue weighted by Gasteiger charge is 2.20. The number of carbonyl (C=O) groups is 2. The second kappa shape index (κ2) is 12.1. The van der Waals surface area contributed by atoms with Gasteiger partial charge in [-0.05, 0) is 42.9 Å². The molecule has 0 atom stereocenters. The fourth-order valence-corrected chi connectivity index (χ4v) is 3.35.